The lowest BCUT2D eigenvalue weighted by Gasteiger charge is -2.17. The van der Waals surface area contributed by atoms with E-state index in [-0.39, 0.29) is 24.8 Å². The lowest BCUT2D eigenvalue weighted by Crippen LogP contribution is -2.33. The largest absolute Gasteiger partial charge is 0.450 e. The molecule has 1 aliphatic heterocycles. The Hall–Kier alpha value is -5.27. The van der Waals surface area contributed by atoms with Gasteiger partial charge in [-0.3, -0.25) is 14.4 Å². The molecular formula is C32H25N5O6S2. The standard InChI is InChI=1S/C32H25N5O6S2/c1-2-42-31(41)34-25(19-8-4-3-5-9-19)17-27(38)36-33-18-21-13-15-28(43-21)45-32-35-24-14-12-20(16-26(24)44-32)37-29(39)22-10-6-7-11-23(22)30(37)40/h3-16,18,25H,2,17H2,1H3,(H,34,41)(H,36,38)/b33-18-/t25-/m0/s1. The highest BCUT2D eigenvalue weighted by atomic mass is 32.2. The van der Waals surface area contributed by atoms with Gasteiger partial charge in [0.1, 0.15) is 5.76 Å². The third-order valence-electron chi connectivity index (χ3n) is 6.73. The number of fused-ring (bicyclic) bond motifs is 2. The number of rotatable bonds is 10. The fraction of sp³-hybridized carbons (Fsp3) is 0.125. The summed E-state index contributed by atoms with van der Waals surface area (Å²) in [6.07, 6.45) is 0.719. The summed E-state index contributed by atoms with van der Waals surface area (Å²) in [6.45, 7) is 1.92. The van der Waals surface area contributed by atoms with E-state index in [0.29, 0.717) is 32.0 Å². The molecule has 45 heavy (non-hydrogen) atoms. The fourth-order valence-electron chi connectivity index (χ4n) is 4.69. The molecule has 0 bridgehead atoms. The first-order chi connectivity index (χ1) is 21.9. The number of carbonyl (C=O) groups is 4. The van der Waals surface area contributed by atoms with E-state index in [0.717, 1.165) is 15.8 Å². The van der Waals surface area contributed by atoms with Gasteiger partial charge in [-0.05, 0) is 66.7 Å². The Bertz CT molecular complexity index is 1900. The Morgan fingerprint density at radius 1 is 1.02 bits per heavy atom. The molecule has 2 N–H and O–H groups in total. The van der Waals surface area contributed by atoms with E-state index in [1.54, 1.807) is 61.5 Å². The molecule has 0 fully saturated rings. The first-order valence-corrected chi connectivity index (χ1v) is 15.5. The van der Waals surface area contributed by atoms with Crippen LogP contribution in [0.15, 0.2) is 104 Å². The molecule has 5 aromatic rings. The monoisotopic (exact) mass is 639 g/mol. The number of ether oxygens (including phenoxy) is 1. The van der Waals surface area contributed by atoms with Crippen LogP contribution in [0.25, 0.3) is 10.2 Å². The number of anilines is 1. The van der Waals surface area contributed by atoms with Gasteiger partial charge in [-0.25, -0.2) is 20.1 Å². The number of nitrogens with one attached hydrogen (secondary N) is 2. The van der Waals surface area contributed by atoms with Crippen molar-refractivity contribution in [1.82, 2.24) is 15.7 Å². The maximum atomic E-state index is 12.9. The Kier molecular flexibility index (Phi) is 8.71. The van der Waals surface area contributed by atoms with Crippen molar-refractivity contribution in [3.05, 3.63) is 107 Å². The molecule has 0 spiro atoms. The molecule has 0 saturated carbocycles. The summed E-state index contributed by atoms with van der Waals surface area (Å²) in [6, 6.07) is 24.0. The van der Waals surface area contributed by atoms with Crippen molar-refractivity contribution < 1.29 is 28.3 Å². The highest BCUT2D eigenvalue weighted by Gasteiger charge is 2.36. The van der Waals surface area contributed by atoms with E-state index in [9.17, 15) is 19.2 Å². The van der Waals surface area contributed by atoms with Gasteiger partial charge in [0.05, 0.1) is 52.3 Å². The van der Waals surface area contributed by atoms with Gasteiger partial charge in [0.25, 0.3) is 11.8 Å². The first-order valence-electron chi connectivity index (χ1n) is 13.9. The molecule has 13 heteroatoms. The quantitative estimate of drug-likeness (QED) is 0.105. The zero-order valence-corrected chi connectivity index (χ0v) is 25.4. The molecule has 0 saturated heterocycles. The number of carbonyl (C=O) groups excluding carboxylic acids is 4. The summed E-state index contributed by atoms with van der Waals surface area (Å²) < 4.78 is 12.3. The second-order valence-corrected chi connectivity index (χ2v) is 12.0. The van der Waals surface area contributed by atoms with Gasteiger partial charge in [-0.2, -0.15) is 5.10 Å². The number of nitrogens with zero attached hydrogens (tertiary/aromatic N) is 3. The molecule has 3 heterocycles. The number of hydrazone groups is 1. The van der Waals surface area contributed by atoms with Crippen LogP contribution in [0, 0.1) is 0 Å². The summed E-state index contributed by atoms with van der Waals surface area (Å²) in [7, 11) is 0. The number of thiazole rings is 1. The number of imide groups is 1. The van der Waals surface area contributed by atoms with Crippen molar-refractivity contribution >= 4 is 69.0 Å². The Morgan fingerprint density at radius 3 is 2.49 bits per heavy atom. The number of benzene rings is 3. The predicted molar refractivity (Wildman–Crippen MR) is 170 cm³/mol. The van der Waals surface area contributed by atoms with Crippen LogP contribution in [-0.4, -0.2) is 41.6 Å². The van der Waals surface area contributed by atoms with Gasteiger partial charge in [0.15, 0.2) is 9.43 Å². The molecule has 0 radical (unpaired) electrons. The molecule has 1 atom stereocenters. The summed E-state index contributed by atoms with van der Waals surface area (Å²) >= 11 is 2.72. The van der Waals surface area contributed by atoms with E-state index in [2.05, 4.69) is 20.8 Å². The van der Waals surface area contributed by atoms with Crippen LogP contribution in [0.5, 0.6) is 0 Å². The highest BCUT2D eigenvalue weighted by Crippen LogP contribution is 2.37. The number of alkyl carbamates (subject to hydrolysis) is 1. The van der Waals surface area contributed by atoms with Crippen molar-refractivity contribution in [2.24, 2.45) is 5.10 Å². The van der Waals surface area contributed by atoms with E-state index < -0.39 is 18.0 Å². The smallest absolute Gasteiger partial charge is 0.407 e. The third-order valence-corrected chi connectivity index (χ3v) is 8.73. The predicted octanol–water partition coefficient (Wildman–Crippen LogP) is 6.17. The third kappa shape index (κ3) is 6.64. The molecule has 11 nitrogen and oxygen atoms in total. The molecule has 6 rings (SSSR count). The lowest BCUT2D eigenvalue weighted by atomic mass is 10.0. The van der Waals surface area contributed by atoms with E-state index in [1.165, 1.54) is 34.2 Å². The molecule has 0 unspecified atom stereocenters. The first kappa shape index (κ1) is 29.8. The van der Waals surface area contributed by atoms with Crippen LogP contribution in [0.4, 0.5) is 10.5 Å². The van der Waals surface area contributed by atoms with Crippen LogP contribution in [0.3, 0.4) is 0 Å². The minimum absolute atomic E-state index is 0.0498. The number of hydrogen-bond acceptors (Lipinski definition) is 10. The summed E-state index contributed by atoms with van der Waals surface area (Å²) in [5.74, 6) is -0.692. The van der Waals surface area contributed by atoms with Gasteiger partial charge in [-0.1, -0.05) is 42.5 Å². The maximum Gasteiger partial charge on any atom is 0.407 e. The molecule has 1 aliphatic rings. The van der Waals surface area contributed by atoms with Crippen molar-refractivity contribution in [1.29, 1.82) is 0 Å². The Balaban J connectivity index is 1.07. The Labute approximate surface area is 265 Å². The normalized spacial score (nSPS) is 13.3. The van der Waals surface area contributed by atoms with Gasteiger partial charge >= 0.3 is 6.09 Å². The molecule has 3 aromatic carbocycles. The minimum atomic E-state index is -0.611. The van der Waals surface area contributed by atoms with Crippen molar-refractivity contribution in [2.45, 2.75) is 28.8 Å². The van der Waals surface area contributed by atoms with Crippen LogP contribution in [0.1, 0.15) is 51.4 Å². The average molecular weight is 640 g/mol. The fourth-order valence-corrected chi connectivity index (χ4v) is 6.70. The van der Waals surface area contributed by atoms with Crippen LogP contribution < -0.4 is 15.6 Å². The van der Waals surface area contributed by atoms with Crippen LogP contribution in [0.2, 0.25) is 0 Å². The molecule has 226 valence electrons. The molecule has 4 amide bonds. The van der Waals surface area contributed by atoms with Crippen LogP contribution in [-0.2, 0) is 9.53 Å². The van der Waals surface area contributed by atoms with Crippen molar-refractivity contribution in [2.75, 3.05) is 11.5 Å². The summed E-state index contributed by atoms with van der Waals surface area (Å²) in [5.41, 5.74) is 5.21. The van der Waals surface area contributed by atoms with E-state index >= 15 is 0 Å². The highest BCUT2D eigenvalue weighted by molar-refractivity contribution is 8.01. The number of hydrogen-bond donors (Lipinski definition) is 2. The van der Waals surface area contributed by atoms with Gasteiger partial charge in [0, 0.05) is 0 Å². The second kappa shape index (κ2) is 13.2. The maximum absolute atomic E-state index is 12.9. The summed E-state index contributed by atoms with van der Waals surface area (Å²) in [4.78, 5) is 56.2. The number of aromatic nitrogens is 1. The zero-order chi connectivity index (χ0) is 31.3. The van der Waals surface area contributed by atoms with Crippen molar-refractivity contribution in [3.8, 4) is 0 Å². The van der Waals surface area contributed by atoms with Gasteiger partial charge < -0.3 is 14.5 Å². The van der Waals surface area contributed by atoms with Gasteiger partial charge in [0.2, 0.25) is 5.91 Å². The molecule has 2 aromatic heterocycles. The van der Waals surface area contributed by atoms with E-state index in [1.807, 2.05) is 30.3 Å². The molecule has 0 aliphatic carbocycles. The Morgan fingerprint density at radius 2 is 1.76 bits per heavy atom. The number of furan rings is 1. The average Bonchev–Trinajstić information content (AvgIpc) is 3.73. The SMILES string of the molecule is CCOC(=O)N[C@@H](CC(=O)N/N=C\c1ccc(Sc2nc3ccc(N4C(=O)c5ccccc5C4=O)cc3s2)o1)c1ccccc1. The van der Waals surface area contributed by atoms with E-state index in [4.69, 9.17) is 9.15 Å². The van der Waals surface area contributed by atoms with Gasteiger partial charge in [-0.15, -0.1) is 11.3 Å². The summed E-state index contributed by atoms with van der Waals surface area (Å²) in [5, 5.41) is 7.25. The lowest BCUT2D eigenvalue weighted by molar-refractivity contribution is -0.121. The molecular weight excluding hydrogens is 615 g/mol. The zero-order valence-electron chi connectivity index (χ0n) is 23.8. The topological polar surface area (TPSA) is 143 Å². The number of amides is 4. The minimum Gasteiger partial charge on any atom is -0.450 e. The van der Waals surface area contributed by atoms with Crippen LogP contribution >= 0.6 is 23.1 Å². The second-order valence-electron chi connectivity index (χ2n) is 9.71. The van der Waals surface area contributed by atoms with Crippen molar-refractivity contribution in [3.63, 3.8) is 0 Å².